The van der Waals surface area contributed by atoms with E-state index in [4.69, 9.17) is 9.47 Å². The largest absolute Gasteiger partial charge is 0.459 e. The molecule has 166 valence electrons. The molecule has 0 spiro atoms. The Morgan fingerprint density at radius 2 is 1.67 bits per heavy atom. The van der Waals surface area contributed by atoms with Crippen molar-refractivity contribution in [1.82, 2.24) is 4.90 Å². The van der Waals surface area contributed by atoms with E-state index in [1.165, 1.54) is 19.3 Å². The van der Waals surface area contributed by atoms with Crippen LogP contribution in [-0.4, -0.2) is 35.3 Å². The van der Waals surface area contributed by atoms with Gasteiger partial charge in [-0.25, -0.2) is 0 Å². The highest BCUT2D eigenvalue weighted by atomic mass is 16.7. The zero-order valence-corrected chi connectivity index (χ0v) is 18.7. The summed E-state index contributed by atoms with van der Waals surface area (Å²) in [7, 11) is 0. The lowest BCUT2D eigenvalue weighted by Gasteiger charge is -2.37. The molecule has 0 aliphatic carbocycles. The van der Waals surface area contributed by atoms with Crippen LogP contribution in [0.3, 0.4) is 0 Å². The monoisotopic (exact) mass is 415 g/mol. The summed E-state index contributed by atoms with van der Waals surface area (Å²) in [5.74, 6) is 0.663. The number of carbonyl (C=O) groups excluding carboxylic acids is 1. The fraction of sp³-hybridized carbons (Fsp3) is 0.640. The van der Waals surface area contributed by atoms with Crippen molar-refractivity contribution in [3.8, 4) is 0 Å². The van der Waals surface area contributed by atoms with Gasteiger partial charge in [-0.15, -0.1) is 0 Å². The summed E-state index contributed by atoms with van der Waals surface area (Å²) >= 11 is 0. The number of benzene rings is 1. The minimum Gasteiger partial charge on any atom is -0.459 e. The summed E-state index contributed by atoms with van der Waals surface area (Å²) < 4.78 is 12.2. The molecule has 1 saturated heterocycles. The molecular formula is C25H37NO4. The van der Waals surface area contributed by atoms with Gasteiger partial charge in [0, 0.05) is 19.5 Å². The Morgan fingerprint density at radius 3 is 2.27 bits per heavy atom. The molecule has 0 radical (unpaired) electrons. The number of hydrogen-bond acceptors (Lipinski definition) is 4. The molecule has 1 fully saturated rings. The van der Waals surface area contributed by atoms with Crippen molar-refractivity contribution >= 4 is 5.91 Å². The number of aliphatic hydroxyl groups excluding tert-OH is 1. The molecule has 1 aromatic carbocycles. The van der Waals surface area contributed by atoms with E-state index in [0.29, 0.717) is 12.4 Å². The van der Waals surface area contributed by atoms with E-state index in [1.54, 1.807) is 0 Å². The van der Waals surface area contributed by atoms with Crippen molar-refractivity contribution < 1.29 is 19.4 Å². The van der Waals surface area contributed by atoms with Crippen LogP contribution in [0.2, 0.25) is 0 Å². The lowest BCUT2D eigenvalue weighted by atomic mass is 9.77. The Hall–Kier alpha value is -1.85. The standard InChI is InChI=1S/C25H37NO4/c1-25(2,3)21-15-22(24(28)26-13-7-5-4-6-8-14-26)30-23(16-21)29-18-20-11-9-19(17-27)10-12-20/h9-12,15,21,23,27H,4-8,13-14,16-18H2,1-3H3/t21-,23+/m1/s1. The van der Waals surface area contributed by atoms with E-state index >= 15 is 0 Å². The maximum atomic E-state index is 13.2. The maximum absolute atomic E-state index is 13.2. The molecule has 1 aromatic rings. The van der Waals surface area contributed by atoms with Gasteiger partial charge < -0.3 is 19.5 Å². The second-order valence-electron chi connectivity index (χ2n) is 9.63. The number of ether oxygens (including phenoxy) is 2. The summed E-state index contributed by atoms with van der Waals surface area (Å²) in [6.07, 6.45) is 8.08. The van der Waals surface area contributed by atoms with Crippen LogP contribution in [0.1, 0.15) is 70.4 Å². The molecule has 0 aromatic heterocycles. The van der Waals surface area contributed by atoms with Gasteiger partial charge in [-0.3, -0.25) is 4.79 Å². The van der Waals surface area contributed by atoms with Gasteiger partial charge in [-0.2, -0.15) is 0 Å². The minimum atomic E-state index is -0.439. The number of carbonyl (C=O) groups is 1. The Bertz CT molecular complexity index is 712. The molecule has 0 saturated carbocycles. The average molecular weight is 416 g/mol. The third-order valence-corrected chi connectivity index (χ3v) is 6.17. The second-order valence-corrected chi connectivity index (χ2v) is 9.63. The average Bonchev–Trinajstić information content (AvgIpc) is 2.71. The molecule has 2 atom stereocenters. The predicted octanol–water partition coefficient (Wildman–Crippen LogP) is 4.78. The van der Waals surface area contributed by atoms with Gasteiger partial charge >= 0.3 is 0 Å². The molecule has 1 N–H and O–H groups in total. The molecule has 5 heteroatoms. The lowest BCUT2D eigenvalue weighted by molar-refractivity contribution is -0.162. The predicted molar refractivity (Wildman–Crippen MR) is 117 cm³/mol. The molecule has 30 heavy (non-hydrogen) atoms. The van der Waals surface area contributed by atoms with Crippen molar-refractivity contribution in [2.45, 2.75) is 78.8 Å². The normalized spacial score (nSPS) is 23.2. The van der Waals surface area contributed by atoms with Crippen molar-refractivity contribution in [1.29, 1.82) is 0 Å². The van der Waals surface area contributed by atoms with Crippen molar-refractivity contribution in [3.05, 3.63) is 47.2 Å². The van der Waals surface area contributed by atoms with E-state index < -0.39 is 6.29 Å². The lowest BCUT2D eigenvalue weighted by Crippen LogP contribution is -2.39. The molecule has 5 nitrogen and oxygen atoms in total. The smallest absolute Gasteiger partial charge is 0.288 e. The Morgan fingerprint density at radius 1 is 1.07 bits per heavy atom. The highest BCUT2D eigenvalue weighted by Gasteiger charge is 2.35. The van der Waals surface area contributed by atoms with E-state index in [2.05, 4.69) is 20.8 Å². The topological polar surface area (TPSA) is 59.0 Å². The van der Waals surface area contributed by atoms with E-state index in [1.807, 2.05) is 35.2 Å². The molecule has 0 unspecified atom stereocenters. The summed E-state index contributed by atoms with van der Waals surface area (Å²) in [5, 5.41) is 9.20. The first kappa shape index (κ1) is 22.8. The van der Waals surface area contributed by atoms with Crippen LogP contribution in [0.5, 0.6) is 0 Å². The van der Waals surface area contributed by atoms with Gasteiger partial charge in [-0.1, -0.05) is 64.3 Å². The van der Waals surface area contributed by atoms with Crippen LogP contribution in [-0.2, 0) is 27.5 Å². The number of hydrogen-bond donors (Lipinski definition) is 1. The maximum Gasteiger partial charge on any atom is 0.288 e. The Labute approximate surface area is 181 Å². The number of likely N-dealkylation sites (tertiary alicyclic amines) is 1. The molecule has 0 bridgehead atoms. The van der Waals surface area contributed by atoms with Crippen molar-refractivity contribution in [2.75, 3.05) is 13.1 Å². The van der Waals surface area contributed by atoms with Gasteiger partial charge in [0.05, 0.1) is 13.2 Å². The van der Waals surface area contributed by atoms with Gasteiger partial charge in [-0.05, 0) is 41.4 Å². The molecule has 2 heterocycles. The van der Waals surface area contributed by atoms with Crippen LogP contribution < -0.4 is 0 Å². The molecular weight excluding hydrogens is 378 g/mol. The summed E-state index contributed by atoms with van der Waals surface area (Å²) in [6, 6.07) is 7.71. The van der Waals surface area contributed by atoms with Crippen LogP contribution in [0.15, 0.2) is 36.1 Å². The molecule has 3 rings (SSSR count). The number of aliphatic hydroxyl groups is 1. The van der Waals surface area contributed by atoms with Crippen LogP contribution in [0.25, 0.3) is 0 Å². The third-order valence-electron chi connectivity index (χ3n) is 6.17. The van der Waals surface area contributed by atoms with Crippen molar-refractivity contribution in [2.24, 2.45) is 11.3 Å². The van der Waals surface area contributed by atoms with Crippen LogP contribution >= 0.6 is 0 Å². The minimum absolute atomic E-state index is 0.00625. The number of nitrogens with zero attached hydrogens (tertiary/aromatic N) is 1. The quantitative estimate of drug-likeness (QED) is 0.752. The molecule has 1 amide bonds. The van der Waals surface area contributed by atoms with Gasteiger partial charge in [0.2, 0.25) is 6.29 Å². The fourth-order valence-corrected chi connectivity index (χ4v) is 4.05. The summed E-state index contributed by atoms with van der Waals surface area (Å²) in [5.41, 5.74) is 1.93. The van der Waals surface area contributed by atoms with Gasteiger partial charge in [0.15, 0.2) is 5.76 Å². The zero-order valence-electron chi connectivity index (χ0n) is 18.7. The SMILES string of the molecule is CC(C)(C)[C@@H]1C=C(C(=O)N2CCCCCCC2)O[C@H](OCc2ccc(CO)cc2)C1. The summed E-state index contributed by atoms with van der Waals surface area (Å²) in [6.45, 7) is 8.66. The fourth-order valence-electron chi connectivity index (χ4n) is 4.05. The van der Waals surface area contributed by atoms with Crippen LogP contribution in [0.4, 0.5) is 0 Å². The van der Waals surface area contributed by atoms with E-state index in [0.717, 1.165) is 43.5 Å². The highest BCUT2D eigenvalue weighted by molar-refractivity contribution is 5.91. The number of rotatable bonds is 5. The van der Waals surface area contributed by atoms with E-state index in [-0.39, 0.29) is 23.8 Å². The van der Waals surface area contributed by atoms with Crippen LogP contribution in [0, 0.1) is 11.3 Å². The third kappa shape index (κ3) is 6.32. The van der Waals surface area contributed by atoms with Gasteiger partial charge in [0.25, 0.3) is 5.91 Å². The molecule has 2 aliphatic rings. The molecule has 2 aliphatic heterocycles. The summed E-state index contributed by atoms with van der Waals surface area (Å²) in [4.78, 5) is 15.2. The highest BCUT2D eigenvalue weighted by Crippen LogP contribution is 2.37. The Balaban J connectivity index is 1.68. The first-order valence-electron chi connectivity index (χ1n) is 11.3. The Kier molecular flexibility index (Phi) is 7.95. The number of allylic oxidation sites excluding steroid dienone is 1. The van der Waals surface area contributed by atoms with E-state index in [9.17, 15) is 9.90 Å². The zero-order chi connectivity index (χ0) is 21.6. The van der Waals surface area contributed by atoms with Crippen molar-refractivity contribution in [3.63, 3.8) is 0 Å². The van der Waals surface area contributed by atoms with Gasteiger partial charge in [0.1, 0.15) is 0 Å². The second kappa shape index (κ2) is 10.5. The first-order valence-corrected chi connectivity index (χ1v) is 11.3. The number of amides is 1. The first-order chi connectivity index (χ1) is 14.4.